The Kier molecular flexibility index (Phi) is 5.02. The Morgan fingerprint density at radius 1 is 1.35 bits per heavy atom. The van der Waals surface area contributed by atoms with E-state index in [1.165, 1.54) is 13.2 Å². The minimum absolute atomic E-state index is 0.0237. The number of ether oxygens (including phenoxy) is 2. The summed E-state index contributed by atoms with van der Waals surface area (Å²) in [5.41, 5.74) is 2.66. The van der Waals surface area contributed by atoms with Gasteiger partial charge in [0.25, 0.3) is 0 Å². The van der Waals surface area contributed by atoms with Crippen LogP contribution in [-0.4, -0.2) is 30.6 Å². The van der Waals surface area contributed by atoms with Gasteiger partial charge in [0.1, 0.15) is 5.78 Å². The molecular formula is C20H23NO5. The van der Waals surface area contributed by atoms with Gasteiger partial charge in [0.2, 0.25) is 0 Å². The molecule has 2 atom stereocenters. The molecule has 6 heteroatoms. The zero-order valence-corrected chi connectivity index (χ0v) is 15.2. The van der Waals surface area contributed by atoms with Crippen LogP contribution in [0, 0.1) is 5.92 Å². The lowest BCUT2D eigenvalue weighted by Gasteiger charge is -2.37. The third kappa shape index (κ3) is 3.07. The number of hydrogen-bond donors (Lipinski definition) is 2. The highest BCUT2D eigenvalue weighted by atomic mass is 16.5. The Morgan fingerprint density at radius 2 is 2.12 bits per heavy atom. The number of benzene rings is 1. The highest BCUT2D eigenvalue weighted by Crippen LogP contribution is 2.45. The number of fused-ring (bicyclic) bond motifs is 1. The van der Waals surface area contributed by atoms with Crippen molar-refractivity contribution in [1.29, 1.82) is 0 Å². The van der Waals surface area contributed by atoms with Crippen LogP contribution in [0.1, 0.15) is 38.2 Å². The number of Topliss-reactive ketones (excluding diaryl/α,β-unsaturated/α-hetero) is 1. The quantitative estimate of drug-likeness (QED) is 0.806. The number of nitrogens with one attached hydrogen (secondary N) is 1. The van der Waals surface area contributed by atoms with Gasteiger partial charge in [-0.25, -0.2) is 4.79 Å². The van der Waals surface area contributed by atoms with Crippen LogP contribution in [0.2, 0.25) is 0 Å². The van der Waals surface area contributed by atoms with Gasteiger partial charge in [-0.05, 0) is 38.0 Å². The molecule has 2 unspecified atom stereocenters. The molecule has 1 aromatic carbocycles. The molecule has 0 bridgehead atoms. The van der Waals surface area contributed by atoms with E-state index in [1.54, 1.807) is 19.1 Å². The molecule has 0 fully saturated rings. The van der Waals surface area contributed by atoms with E-state index in [0.717, 1.165) is 11.3 Å². The SMILES string of the molecule is CCOc1cc(C2C(C(=O)OC)=C(C)NC3=CCCC(=O)C32)ccc1O. The number of esters is 1. The summed E-state index contributed by atoms with van der Waals surface area (Å²) >= 11 is 0. The second-order valence-electron chi connectivity index (χ2n) is 6.44. The molecule has 0 radical (unpaired) electrons. The van der Waals surface area contributed by atoms with E-state index >= 15 is 0 Å². The fourth-order valence-corrected chi connectivity index (χ4v) is 3.75. The summed E-state index contributed by atoms with van der Waals surface area (Å²) in [5, 5.41) is 13.2. The molecular weight excluding hydrogens is 334 g/mol. The normalized spacial score (nSPS) is 22.3. The summed E-state index contributed by atoms with van der Waals surface area (Å²) in [4.78, 5) is 25.2. The maximum Gasteiger partial charge on any atom is 0.336 e. The van der Waals surface area contributed by atoms with Crippen LogP contribution in [0.4, 0.5) is 0 Å². The molecule has 3 rings (SSSR count). The molecule has 26 heavy (non-hydrogen) atoms. The molecule has 2 aliphatic rings. The van der Waals surface area contributed by atoms with Crippen molar-refractivity contribution in [3.8, 4) is 11.5 Å². The van der Waals surface area contributed by atoms with Crippen molar-refractivity contribution >= 4 is 11.8 Å². The van der Waals surface area contributed by atoms with Gasteiger partial charge in [0.15, 0.2) is 11.5 Å². The van der Waals surface area contributed by atoms with E-state index in [9.17, 15) is 14.7 Å². The van der Waals surface area contributed by atoms with Gasteiger partial charge >= 0.3 is 5.97 Å². The Balaban J connectivity index is 2.18. The number of phenols is 1. The van der Waals surface area contributed by atoms with E-state index in [0.29, 0.717) is 36.5 Å². The minimum Gasteiger partial charge on any atom is -0.504 e. The van der Waals surface area contributed by atoms with Crippen LogP contribution >= 0.6 is 0 Å². The van der Waals surface area contributed by atoms with Crippen molar-refractivity contribution in [3.05, 3.63) is 46.8 Å². The maximum atomic E-state index is 12.7. The molecule has 1 aliphatic carbocycles. The summed E-state index contributed by atoms with van der Waals surface area (Å²) in [7, 11) is 1.33. The number of carbonyl (C=O) groups is 2. The summed E-state index contributed by atoms with van der Waals surface area (Å²) in [6.45, 7) is 4.03. The third-order valence-electron chi connectivity index (χ3n) is 4.87. The summed E-state index contributed by atoms with van der Waals surface area (Å²) < 4.78 is 10.5. The lowest BCUT2D eigenvalue weighted by atomic mass is 9.71. The van der Waals surface area contributed by atoms with E-state index < -0.39 is 17.8 Å². The number of carbonyl (C=O) groups excluding carboxylic acids is 2. The third-order valence-corrected chi connectivity index (χ3v) is 4.87. The molecule has 1 aromatic rings. The molecule has 0 saturated heterocycles. The first-order chi connectivity index (χ1) is 12.5. The van der Waals surface area contributed by atoms with Gasteiger partial charge in [-0.15, -0.1) is 0 Å². The topological polar surface area (TPSA) is 84.9 Å². The monoisotopic (exact) mass is 357 g/mol. The number of aromatic hydroxyl groups is 1. The number of rotatable bonds is 4. The number of ketones is 1. The average molecular weight is 357 g/mol. The number of phenolic OH excluding ortho intramolecular Hbond substituents is 1. The predicted octanol–water partition coefficient (Wildman–Crippen LogP) is 2.79. The highest BCUT2D eigenvalue weighted by Gasteiger charge is 2.43. The predicted molar refractivity (Wildman–Crippen MR) is 95.7 cm³/mol. The Bertz CT molecular complexity index is 808. The maximum absolute atomic E-state index is 12.7. The van der Waals surface area contributed by atoms with Crippen molar-refractivity contribution in [3.63, 3.8) is 0 Å². The van der Waals surface area contributed by atoms with Crippen molar-refractivity contribution in [2.75, 3.05) is 13.7 Å². The Hall–Kier alpha value is -2.76. The van der Waals surface area contributed by atoms with E-state index in [1.807, 2.05) is 13.0 Å². The highest BCUT2D eigenvalue weighted by molar-refractivity contribution is 5.96. The lowest BCUT2D eigenvalue weighted by Crippen LogP contribution is -2.40. The van der Waals surface area contributed by atoms with Crippen molar-refractivity contribution in [2.24, 2.45) is 5.92 Å². The van der Waals surface area contributed by atoms with Gasteiger partial charge in [0, 0.05) is 23.7 Å². The summed E-state index contributed by atoms with van der Waals surface area (Å²) in [6.07, 6.45) is 3.14. The first kappa shape index (κ1) is 18.0. The van der Waals surface area contributed by atoms with Gasteiger partial charge in [0.05, 0.1) is 25.2 Å². The van der Waals surface area contributed by atoms with Gasteiger partial charge in [-0.1, -0.05) is 12.1 Å². The molecule has 1 aliphatic heterocycles. The first-order valence-electron chi connectivity index (χ1n) is 8.72. The summed E-state index contributed by atoms with van der Waals surface area (Å²) in [5.74, 6) is -0.985. The lowest BCUT2D eigenvalue weighted by molar-refractivity contribution is -0.136. The molecule has 2 N–H and O–H groups in total. The van der Waals surface area contributed by atoms with Crippen LogP contribution < -0.4 is 10.1 Å². The molecule has 6 nitrogen and oxygen atoms in total. The fraction of sp³-hybridized carbons (Fsp3) is 0.400. The van der Waals surface area contributed by atoms with E-state index in [2.05, 4.69) is 5.32 Å². The molecule has 0 spiro atoms. The molecule has 0 aromatic heterocycles. The molecule has 0 amide bonds. The number of allylic oxidation sites excluding steroid dienone is 3. The van der Waals surface area contributed by atoms with Crippen LogP contribution in [0.25, 0.3) is 0 Å². The largest absolute Gasteiger partial charge is 0.504 e. The molecule has 0 saturated carbocycles. The smallest absolute Gasteiger partial charge is 0.336 e. The average Bonchev–Trinajstić information content (AvgIpc) is 2.62. The van der Waals surface area contributed by atoms with Crippen LogP contribution in [-0.2, 0) is 14.3 Å². The second-order valence-corrected chi connectivity index (χ2v) is 6.44. The van der Waals surface area contributed by atoms with Crippen LogP contribution in [0.15, 0.2) is 41.2 Å². The zero-order chi connectivity index (χ0) is 18.8. The van der Waals surface area contributed by atoms with Gasteiger partial charge < -0.3 is 19.9 Å². The molecule has 138 valence electrons. The van der Waals surface area contributed by atoms with Crippen molar-refractivity contribution < 1.29 is 24.2 Å². The first-order valence-corrected chi connectivity index (χ1v) is 8.72. The summed E-state index contributed by atoms with van der Waals surface area (Å²) in [6, 6.07) is 4.96. The van der Waals surface area contributed by atoms with E-state index in [-0.39, 0.29) is 11.5 Å². The zero-order valence-electron chi connectivity index (χ0n) is 15.2. The van der Waals surface area contributed by atoms with Gasteiger partial charge in [-0.3, -0.25) is 4.79 Å². The van der Waals surface area contributed by atoms with E-state index in [4.69, 9.17) is 9.47 Å². The second kappa shape index (κ2) is 7.23. The number of hydrogen-bond acceptors (Lipinski definition) is 6. The van der Waals surface area contributed by atoms with Gasteiger partial charge in [-0.2, -0.15) is 0 Å². The minimum atomic E-state index is -0.484. The van der Waals surface area contributed by atoms with Crippen molar-refractivity contribution in [1.82, 2.24) is 5.32 Å². The van der Waals surface area contributed by atoms with Crippen LogP contribution in [0.5, 0.6) is 11.5 Å². The fourth-order valence-electron chi connectivity index (χ4n) is 3.75. The standard InChI is InChI=1S/C20H23NO5/c1-4-26-16-10-12(8-9-14(16)22)18-17(20(24)25-3)11(2)21-13-6-5-7-15(23)19(13)18/h6,8-10,18-19,21-22H,4-5,7H2,1-3H3. The number of methoxy groups -OCH3 is 1. The Labute approximate surface area is 152 Å². The Morgan fingerprint density at radius 3 is 2.81 bits per heavy atom. The van der Waals surface area contributed by atoms with Crippen molar-refractivity contribution in [2.45, 2.75) is 32.6 Å². The van der Waals surface area contributed by atoms with Crippen LogP contribution in [0.3, 0.4) is 0 Å². The molecule has 1 heterocycles.